The Morgan fingerprint density at radius 2 is 2.00 bits per heavy atom. The van der Waals surface area contributed by atoms with E-state index in [0.717, 1.165) is 27.6 Å². The van der Waals surface area contributed by atoms with E-state index in [4.69, 9.17) is 4.74 Å². The number of hydrogen-bond acceptors (Lipinski definition) is 6. The Morgan fingerprint density at radius 3 is 2.70 bits per heavy atom. The molecule has 1 heterocycles. The predicted molar refractivity (Wildman–Crippen MR) is 120 cm³/mol. The highest BCUT2D eigenvalue weighted by molar-refractivity contribution is 7.13. The van der Waals surface area contributed by atoms with Gasteiger partial charge in [0.15, 0.2) is 5.13 Å². The summed E-state index contributed by atoms with van der Waals surface area (Å²) in [6.07, 6.45) is -0.117. The van der Waals surface area contributed by atoms with Crippen LogP contribution in [0.25, 0.3) is 0 Å². The molecular formula is C23H27N3O3S. The smallest absolute Gasteiger partial charge is 0.251 e. The Kier molecular flexibility index (Phi) is 7.57. The average Bonchev–Trinajstić information content (AvgIpc) is 3.16. The molecule has 0 aliphatic heterocycles. The highest BCUT2D eigenvalue weighted by Crippen LogP contribution is 2.23. The number of aliphatic hydroxyl groups excluding tert-OH is 1. The van der Waals surface area contributed by atoms with Gasteiger partial charge in [0.25, 0.3) is 5.91 Å². The van der Waals surface area contributed by atoms with Gasteiger partial charge in [0, 0.05) is 23.7 Å². The first kappa shape index (κ1) is 22.0. The summed E-state index contributed by atoms with van der Waals surface area (Å²) in [7, 11) is 1.63. The molecule has 0 saturated carbocycles. The zero-order valence-electron chi connectivity index (χ0n) is 17.4. The van der Waals surface area contributed by atoms with Crippen molar-refractivity contribution in [1.82, 2.24) is 10.3 Å². The molecule has 7 heteroatoms. The van der Waals surface area contributed by atoms with Crippen LogP contribution in [-0.4, -0.2) is 35.3 Å². The molecule has 2 aromatic carbocycles. The lowest BCUT2D eigenvalue weighted by molar-refractivity contribution is 0.0858. The van der Waals surface area contributed by atoms with Gasteiger partial charge < -0.3 is 20.5 Å². The average molecular weight is 426 g/mol. The van der Waals surface area contributed by atoms with Crippen LogP contribution in [0.1, 0.15) is 34.1 Å². The number of nitrogens with zero attached hydrogens (tertiary/aromatic N) is 1. The Hall–Kier alpha value is -2.74. The van der Waals surface area contributed by atoms with E-state index in [1.165, 1.54) is 11.3 Å². The van der Waals surface area contributed by atoms with E-state index in [-0.39, 0.29) is 11.9 Å². The van der Waals surface area contributed by atoms with Crippen LogP contribution in [-0.2, 0) is 17.8 Å². The Balaban J connectivity index is 1.73. The fourth-order valence-electron chi connectivity index (χ4n) is 3.10. The molecule has 3 N–H and O–H groups in total. The molecular weight excluding hydrogens is 398 g/mol. The summed E-state index contributed by atoms with van der Waals surface area (Å²) in [6.45, 7) is 4.05. The molecule has 0 saturated heterocycles. The van der Waals surface area contributed by atoms with Crippen molar-refractivity contribution >= 4 is 28.1 Å². The van der Waals surface area contributed by atoms with Gasteiger partial charge >= 0.3 is 0 Å². The minimum absolute atomic E-state index is 0.211. The van der Waals surface area contributed by atoms with Crippen LogP contribution in [0.3, 0.4) is 0 Å². The highest BCUT2D eigenvalue weighted by atomic mass is 32.1. The summed E-state index contributed by atoms with van der Waals surface area (Å²) in [6, 6.07) is 15.1. The second kappa shape index (κ2) is 10.3. The van der Waals surface area contributed by atoms with E-state index in [1.54, 1.807) is 14.0 Å². The normalized spacial score (nSPS) is 12.9. The van der Waals surface area contributed by atoms with Crippen molar-refractivity contribution in [2.24, 2.45) is 0 Å². The van der Waals surface area contributed by atoms with E-state index in [2.05, 4.69) is 15.6 Å². The van der Waals surface area contributed by atoms with Crippen molar-refractivity contribution < 1.29 is 14.6 Å². The first-order valence-corrected chi connectivity index (χ1v) is 10.7. The number of rotatable bonds is 9. The number of carbonyl (C=O) groups excluding carboxylic acids is 1. The van der Waals surface area contributed by atoms with E-state index in [0.29, 0.717) is 18.6 Å². The molecule has 0 fully saturated rings. The number of anilines is 2. The Bertz CT molecular complexity index is 973. The summed E-state index contributed by atoms with van der Waals surface area (Å²) in [4.78, 5) is 17.4. The lowest BCUT2D eigenvalue weighted by Gasteiger charge is -2.22. The predicted octanol–water partition coefficient (Wildman–Crippen LogP) is 4.06. The Labute approximate surface area is 180 Å². The molecule has 1 aromatic heterocycles. The maximum atomic E-state index is 13.0. The van der Waals surface area contributed by atoms with Gasteiger partial charge in [0.05, 0.1) is 24.4 Å². The van der Waals surface area contributed by atoms with Gasteiger partial charge in [-0.1, -0.05) is 36.4 Å². The number of aryl methyl sites for hydroxylation is 1. The zero-order valence-corrected chi connectivity index (χ0v) is 18.2. The molecule has 3 aromatic rings. The quantitative estimate of drug-likeness (QED) is 0.481. The van der Waals surface area contributed by atoms with Crippen LogP contribution in [0.2, 0.25) is 0 Å². The number of hydrogen-bond donors (Lipinski definition) is 3. The molecule has 0 spiro atoms. The Morgan fingerprint density at radius 1 is 1.23 bits per heavy atom. The van der Waals surface area contributed by atoms with Crippen molar-refractivity contribution in [3.63, 3.8) is 0 Å². The third-order valence-corrected chi connectivity index (χ3v) is 5.58. The highest BCUT2D eigenvalue weighted by Gasteiger charge is 2.20. The van der Waals surface area contributed by atoms with Gasteiger partial charge in [-0.2, -0.15) is 0 Å². The second-order valence-corrected chi connectivity index (χ2v) is 8.10. The molecule has 0 unspecified atom stereocenters. The summed E-state index contributed by atoms with van der Waals surface area (Å²) >= 11 is 1.48. The summed E-state index contributed by atoms with van der Waals surface area (Å²) in [5, 5.41) is 19.1. The largest absolute Gasteiger partial charge is 0.391 e. The molecule has 6 nitrogen and oxygen atoms in total. The van der Waals surface area contributed by atoms with E-state index >= 15 is 0 Å². The lowest BCUT2D eigenvalue weighted by Crippen LogP contribution is -2.43. The number of ether oxygens (including phenoxy) is 1. The fraction of sp³-hybridized carbons (Fsp3) is 0.304. The van der Waals surface area contributed by atoms with Crippen molar-refractivity contribution in [2.45, 2.75) is 39.0 Å². The summed E-state index contributed by atoms with van der Waals surface area (Å²) in [5.41, 5.74) is 4.12. The van der Waals surface area contributed by atoms with Crippen LogP contribution in [0.4, 0.5) is 10.8 Å². The topological polar surface area (TPSA) is 83.5 Å². The van der Waals surface area contributed by atoms with E-state index < -0.39 is 6.10 Å². The van der Waals surface area contributed by atoms with Gasteiger partial charge in [0.2, 0.25) is 0 Å². The maximum absolute atomic E-state index is 13.0. The van der Waals surface area contributed by atoms with Gasteiger partial charge in [0.1, 0.15) is 0 Å². The molecule has 0 aliphatic carbocycles. The number of thiazole rings is 1. The number of aliphatic hydroxyl groups is 1. The molecule has 0 aliphatic rings. The minimum atomic E-state index is -0.676. The first-order chi connectivity index (χ1) is 14.5. The third kappa shape index (κ3) is 5.89. The molecule has 3 rings (SSSR count). The number of amides is 1. The molecule has 30 heavy (non-hydrogen) atoms. The standard InChI is InChI=1S/C23H27N3O3S/c1-15-9-10-18(24-23-25-19(13-29-3)14-30-23)12-20(15)22(28)26-21(16(2)27)11-17-7-5-4-6-8-17/h4-10,12,14,16,21,27H,11,13H2,1-3H3,(H,24,25)(H,26,28)/t16-,21+/m1/s1. The van der Waals surface area contributed by atoms with Gasteiger partial charge in [-0.05, 0) is 43.5 Å². The number of methoxy groups -OCH3 is 1. The number of nitrogens with one attached hydrogen (secondary N) is 2. The number of carbonyl (C=O) groups is 1. The monoisotopic (exact) mass is 425 g/mol. The van der Waals surface area contributed by atoms with Gasteiger partial charge in [-0.3, -0.25) is 4.79 Å². The van der Waals surface area contributed by atoms with Crippen LogP contribution in [0, 0.1) is 6.92 Å². The van der Waals surface area contributed by atoms with Crippen LogP contribution in [0.5, 0.6) is 0 Å². The minimum Gasteiger partial charge on any atom is -0.391 e. The van der Waals surface area contributed by atoms with Crippen LogP contribution < -0.4 is 10.6 Å². The summed E-state index contributed by atoms with van der Waals surface area (Å²) in [5.74, 6) is -0.211. The van der Waals surface area contributed by atoms with Gasteiger partial charge in [-0.15, -0.1) is 11.3 Å². The van der Waals surface area contributed by atoms with E-state index in [9.17, 15) is 9.90 Å². The molecule has 1 amide bonds. The van der Waals surface area contributed by atoms with E-state index in [1.807, 2.05) is 60.8 Å². The SMILES string of the molecule is COCc1csc(Nc2ccc(C)c(C(=O)N[C@@H](Cc3ccccc3)[C@@H](C)O)c2)n1. The molecule has 0 radical (unpaired) electrons. The number of benzene rings is 2. The van der Waals surface area contributed by atoms with Crippen molar-refractivity contribution in [3.05, 3.63) is 76.3 Å². The van der Waals surface area contributed by atoms with Crippen molar-refractivity contribution in [2.75, 3.05) is 12.4 Å². The fourth-order valence-corrected chi connectivity index (χ4v) is 3.82. The van der Waals surface area contributed by atoms with Crippen molar-refractivity contribution in [3.8, 4) is 0 Å². The lowest BCUT2D eigenvalue weighted by atomic mass is 10.0. The maximum Gasteiger partial charge on any atom is 0.251 e. The first-order valence-electron chi connectivity index (χ1n) is 9.80. The zero-order chi connectivity index (χ0) is 21.5. The molecule has 0 bridgehead atoms. The van der Waals surface area contributed by atoms with Crippen LogP contribution >= 0.6 is 11.3 Å². The second-order valence-electron chi connectivity index (χ2n) is 7.24. The van der Waals surface area contributed by atoms with Crippen molar-refractivity contribution in [1.29, 1.82) is 0 Å². The van der Waals surface area contributed by atoms with Gasteiger partial charge in [-0.25, -0.2) is 4.98 Å². The third-order valence-electron chi connectivity index (χ3n) is 4.77. The molecule has 2 atom stereocenters. The summed E-state index contributed by atoms with van der Waals surface area (Å²) < 4.78 is 5.10. The number of aromatic nitrogens is 1. The molecule has 158 valence electrons. The van der Waals surface area contributed by atoms with Crippen LogP contribution in [0.15, 0.2) is 53.9 Å².